The second-order valence-corrected chi connectivity index (χ2v) is 6.07. The lowest BCUT2D eigenvalue weighted by molar-refractivity contribution is 0.0697. The summed E-state index contributed by atoms with van der Waals surface area (Å²) < 4.78 is 19.0. The van der Waals surface area contributed by atoms with Crippen LogP contribution in [0.5, 0.6) is 0 Å². The summed E-state index contributed by atoms with van der Waals surface area (Å²) in [6.45, 7) is 2.58. The first kappa shape index (κ1) is 18.7. The molecule has 0 aromatic heterocycles. The van der Waals surface area contributed by atoms with Gasteiger partial charge >= 0.3 is 12.0 Å². The average molecular weight is 373 g/mol. The number of carbonyl (C=O) groups is 2. The van der Waals surface area contributed by atoms with Crippen LogP contribution in [-0.4, -0.2) is 43.4 Å². The third-order valence-corrected chi connectivity index (χ3v) is 4.21. The van der Waals surface area contributed by atoms with Crippen molar-refractivity contribution in [2.24, 2.45) is 0 Å². The van der Waals surface area contributed by atoms with Crippen molar-refractivity contribution in [1.29, 1.82) is 0 Å². The molecule has 2 aromatic rings. The summed E-state index contributed by atoms with van der Waals surface area (Å²) in [6.07, 6.45) is 0. The smallest absolute Gasteiger partial charge is 0.335 e. The Balaban J connectivity index is 1.62. The van der Waals surface area contributed by atoms with Crippen molar-refractivity contribution >= 4 is 23.4 Å². The minimum Gasteiger partial charge on any atom is -0.478 e. The molecule has 1 heterocycles. The fourth-order valence-electron chi connectivity index (χ4n) is 2.79. The van der Waals surface area contributed by atoms with Crippen LogP contribution in [0.3, 0.4) is 0 Å². The third kappa shape index (κ3) is 4.95. The largest absolute Gasteiger partial charge is 0.478 e. The number of carbonyl (C=O) groups excluding carboxylic acids is 1. The van der Waals surface area contributed by atoms with E-state index in [1.807, 2.05) is 4.90 Å². The third-order valence-electron chi connectivity index (χ3n) is 4.21. The van der Waals surface area contributed by atoms with Gasteiger partial charge in [0.1, 0.15) is 5.82 Å². The Bertz CT molecular complexity index is 820. The molecule has 0 radical (unpaired) electrons. The Morgan fingerprint density at radius 3 is 2.48 bits per heavy atom. The average Bonchev–Trinajstić information content (AvgIpc) is 2.69. The molecule has 0 saturated carbocycles. The molecule has 7 nitrogen and oxygen atoms in total. The van der Waals surface area contributed by atoms with Crippen molar-refractivity contribution in [2.45, 2.75) is 6.54 Å². The molecule has 1 aliphatic rings. The van der Waals surface area contributed by atoms with Crippen molar-refractivity contribution in [2.75, 3.05) is 36.5 Å². The molecule has 8 heteroatoms. The van der Waals surface area contributed by atoms with Crippen molar-refractivity contribution in [3.05, 3.63) is 59.4 Å². The fraction of sp³-hybridized carbons (Fsp3) is 0.263. The number of nitrogens with one attached hydrogen (secondary N) is 2. The molecule has 2 amide bonds. The maximum Gasteiger partial charge on any atom is 0.335 e. The van der Waals surface area contributed by atoms with Crippen LogP contribution in [-0.2, 0) is 11.3 Å². The van der Waals surface area contributed by atoms with Gasteiger partial charge in [-0.1, -0.05) is 12.1 Å². The number of hydrogen-bond acceptors (Lipinski definition) is 4. The van der Waals surface area contributed by atoms with Crippen LogP contribution < -0.4 is 15.5 Å². The van der Waals surface area contributed by atoms with Crippen molar-refractivity contribution < 1.29 is 23.8 Å². The highest BCUT2D eigenvalue weighted by atomic mass is 19.1. The van der Waals surface area contributed by atoms with Crippen LogP contribution >= 0.6 is 0 Å². The molecule has 1 aliphatic heterocycles. The number of halogens is 1. The maximum absolute atomic E-state index is 13.7. The zero-order valence-electron chi connectivity index (χ0n) is 14.6. The van der Waals surface area contributed by atoms with Gasteiger partial charge in [-0.15, -0.1) is 0 Å². The number of carboxylic acids is 1. The summed E-state index contributed by atoms with van der Waals surface area (Å²) in [5.41, 5.74) is 2.07. The van der Waals surface area contributed by atoms with E-state index in [9.17, 15) is 14.0 Å². The lowest BCUT2D eigenvalue weighted by atomic mass is 10.1. The second-order valence-electron chi connectivity index (χ2n) is 6.07. The number of carboxylic acid groups (broad SMARTS) is 1. The van der Waals surface area contributed by atoms with Crippen molar-refractivity contribution in [3.63, 3.8) is 0 Å². The molecule has 27 heavy (non-hydrogen) atoms. The van der Waals surface area contributed by atoms with E-state index in [2.05, 4.69) is 10.6 Å². The van der Waals surface area contributed by atoms with Gasteiger partial charge in [-0.3, -0.25) is 0 Å². The van der Waals surface area contributed by atoms with E-state index in [4.69, 9.17) is 9.84 Å². The van der Waals surface area contributed by atoms with E-state index in [0.717, 1.165) is 5.56 Å². The van der Waals surface area contributed by atoms with E-state index in [-0.39, 0.29) is 17.9 Å². The van der Waals surface area contributed by atoms with Gasteiger partial charge in [-0.05, 0) is 35.9 Å². The summed E-state index contributed by atoms with van der Waals surface area (Å²) in [4.78, 5) is 25.0. The zero-order valence-corrected chi connectivity index (χ0v) is 14.6. The lowest BCUT2D eigenvalue weighted by Crippen LogP contribution is -2.37. The number of amides is 2. The first-order valence-electron chi connectivity index (χ1n) is 8.52. The fourth-order valence-corrected chi connectivity index (χ4v) is 2.79. The number of ether oxygens (including phenoxy) is 1. The van der Waals surface area contributed by atoms with Gasteiger partial charge in [0, 0.05) is 19.6 Å². The van der Waals surface area contributed by atoms with Crippen LogP contribution in [0.2, 0.25) is 0 Å². The maximum atomic E-state index is 13.7. The van der Waals surface area contributed by atoms with Gasteiger partial charge < -0.3 is 25.4 Å². The molecule has 0 atom stereocenters. The summed E-state index contributed by atoms with van der Waals surface area (Å²) in [7, 11) is 0. The predicted molar refractivity (Wildman–Crippen MR) is 98.7 cm³/mol. The number of morpholine rings is 1. The van der Waals surface area contributed by atoms with Crippen LogP contribution in [0.25, 0.3) is 0 Å². The number of benzene rings is 2. The normalized spacial score (nSPS) is 13.9. The Hall–Kier alpha value is -3.13. The van der Waals surface area contributed by atoms with Crippen LogP contribution in [0, 0.1) is 5.82 Å². The highest BCUT2D eigenvalue weighted by Gasteiger charge is 2.17. The lowest BCUT2D eigenvalue weighted by Gasteiger charge is -2.30. The highest BCUT2D eigenvalue weighted by Crippen LogP contribution is 2.27. The monoisotopic (exact) mass is 373 g/mol. The molecule has 0 spiro atoms. The molecule has 1 fully saturated rings. The molecular weight excluding hydrogens is 353 g/mol. The molecule has 0 aliphatic carbocycles. The Labute approximate surface area is 155 Å². The van der Waals surface area contributed by atoms with Crippen LogP contribution in [0.1, 0.15) is 15.9 Å². The van der Waals surface area contributed by atoms with Gasteiger partial charge in [0.25, 0.3) is 0 Å². The SMILES string of the molecule is O=C(NCc1ccc(C(=O)O)cc1)Nc1ccc(F)cc1N1CCOCC1. The number of anilines is 2. The van der Waals surface area contributed by atoms with Crippen LogP contribution in [0.4, 0.5) is 20.6 Å². The van der Waals surface area contributed by atoms with Crippen LogP contribution in [0.15, 0.2) is 42.5 Å². The highest BCUT2D eigenvalue weighted by molar-refractivity contribution is 5.93. The van der Waals surface area contributed by atoms with Gasteiger partial charge in [0.15, 0.2) is 0 Å². The minimum atomic E-state index is -1.00. The van der Waals surface area contributed by atoms with Crippen molar-refractivity contribution in [3.8, 4) is 0 Å². The van der Waals surface area contributed by atoms with E-state index in [1.165, 1.54) is 30.3 Å². The number of urea groups is 1. The Kier molecular flexibility index (Phi) is 5.87. The molecule has 2 aromatic carbocycles. The molecular formula is C19H20FN3O4. The standard InChI is InChI=1S/C19H20FN3O4/c20-15-5-6-16(17(11-15)23-7-9-27-10-8-23)22-19(26)21-12-13-1-3-14(4-2-13)18(24)25/h1-6,11H,7-10,12H2,(H,24,25)(H2,21,22,26). The van der Waals surface area contributed by atoms with Gasteiger partial charge in [-0.25, -0.2) is 14.0 Å². The number of hydrogen-bond donors (Lipinski definition) is 3. The molecule has 142 valence electrons. The zero-order chi connectivity index (χ0) is 19.2. The minimum absolute atomic E-state index is 0.185. The topological polar surface area (TPSA) is 90.9 Å². The van der Waals surface area contributed by atoms with E-state index < -0.39 is 12.0 Å². The molecule has 1 saturated heterocycles. The Morgan fingerprint density at radius 2 is 1.81 bits per heavy atom. The Morgan fingerprint density at radius 1 is 1.11 bits per heavy atom. The summed E-state index contributed by atoms with van der Waals surface area (Å²) >= 11 is 0. The molecule has 3 N–H and O–H groups in total. The van der Waals surface area contributed by atoms with E-state index in [0.29, 0.717) is 37.7 Å². The first-order chi connectivity index (χ1) is 13.0. The molecule has 0 unspecified atom stereocenters. The summed E-state index contributed by atoms with van der Waals surface area (Å²) in [6, 6.07) is 10.0. The number of rotatable bonds is 5. The van der Waals surface area contributed by atoms with E-state index >= 15 is 0 Å². The quantitative estimate of drug-likeness (QED) is 0.750. The summed E-state index contributed by atoms with van der Waals surface area (Å²) in [5, 5.41) is 14.3. The van der Waals surface area contributed by atoms with Gasteiger partial charge in [-0.2, -0.15) is 0 Å². The predicted octanol–water partition coefficient (Wildman–Crippen LogP) is 2.68. The number of aromatic carboxylic acids is 1. The first-order valence-corrected chi connectivity index (χ1v) is 8.52. The second kappa shape index (κ2) is 8.50. The molecule has 0 bridgehead atoms. The van der Waals surface area contributed by atoms with Gasteiger partial charge in [0.2, 0.25) is 0 Å². The van der Waals surface area contributed by atoms with E-state index in [1.54, 1.807) is 12.1 Å². The van der Waals surface area contributed by atoms with Gasteiger partial charge in [0.05, 0.1) is 30.2 Å². The van der Waals surface area contributed by atoms with Crippen molar-refractivity contribution in [1.82, 2.24) is 5.32 Å². The number of nitrogens with zero attached hydrogens (tertiary/aromatic N) is 1. The molecule has 3 rings (SSSR count). The summed E-state index contributed by atoms with van der Waals surface area (Å²) in [5.74, 6) is -1.37.